The van der Waals surface area contributed by atoms with Gasteiger partial charge in [-0.25, -0.2) is 4.79 Å². The van der Waals surface area contributed by atoms with Crippen LogP contribution in [0.15, 0.2) is 24.3 Å². The maximum atomic E-state index is 12.3. The molecule has 1 aromatic rings. The monoisotopic (exact) mass is 304 g/mol. The molecule has 1 aliphatic heterocycles. The van der Waals surface area contributed by atoms with Gasteiger partial charge in [-0.1, -0.05) is 0 Å². The first-order valence-corrected chi connectivity index (χ1v) is 7.73. The van der Waals surface area contributed by atoms with Crippen LogP contribution in [0.25, 0.3) is 0 Å². The molecule has 3 amide bonds. The normalized spacial score (nSPS) is 19.0. The molecule has 1 aliphatic carbocycles. The van der Waals surface area contributed by atoms with E-state index in [1.807, 2.05) is 24.3 Å². The zero-order valence-electron chi connectivity index (χ0n) is 12.8. The highest BCUT2D eigenvalue weighted by Crippen LogP contribution is 2.16. The molecular formula is C16H22N3O3+. The molecule has 22 heavy (non-hydrogen) atoms. The molecule has 0 aromatic heterocycles. The van der Waals surface area contributed by atoms with Crippen LogP contribution in [-0.2, 0) is 11.3 Å². The summed E-state index contributed by atoms with van der Waals surface area (Å²) < 4.78 is 5.17. The second-order valence-corrected chi connectivity index (χ2v) is 5.91. The highest BCUT2D eigenvalue weighted by atomic mass is 16.5. The predicted molar refractivity (Wildman–Crippen MR) is 80.7 cm³/mol. The first-order chi connectivity index (χ1) is 10.7. The number of amides is 3. The van der Waals surface area contributed by atoms with Gasteiger partial charge in [-0.3, -0.25) is 9.69 Å². The maximum absolute atomic E-state index is 12.3. The van der Waals surface area contributed by atoms with Crippen molar-refractivity contribution in [3.63, 3.8) is 0 Å². The predicted octanol–water partition coefficient (Wildman–Crippen LogP) is -0.206. The van der Waals surface area contributed by atoms with Crippen LogP contribution in [0, 0.1) is 0 Å². The lowest BCUT2D eigenvalue weighted by molar-refractivity contribution is -0.917. The molecule has 1 unspecified atom stereocenters. The molecule has 6 heteroatoms. The standard InChI is InChI=1S/C16H21N3O3/c1-22-14-6-2-12(3-7-14)10-18(13-4-5-13)11-15(20)19-9-8-17-16(19)21/h2-3,6-7,13H,4-5,8-11H2,1H3,(H,17,21)/p+1. The van der Waals surface area contributed by atoms with Crippen molar-refractivity contribution in [3.05, 3.63) is 29.8 Å². The quantitative estimate of drug-likeness (QED) is 0.765. The number of quaternary nitrogens is 1. The second-order valence-electron chi connectivity index (χ2n) is 5.91. The summed E-state index contributed by atoms with van der Waals surface area (Å²) in [5.41, 5.74) is 1.18. The van der Waals surface area contributed by atoms with Gasteiger partial charge in [0, 0.05) is 31.5 Å². The van der Waals surface area contributed by atoms with Crippen molar-refractivity contribution in [1.29, 1.82) is 0 Å². The minimum Gasteiger partial charge on any atom is -0.497 e. The third kappa shape index (κ3) is 3.39. The number of benzene rings is 1. The Morgan fingerprint density at radius 1 is 1.36 bits per heavy atom. The van der Waals surface area contributed by atoms with E-state index >= 15 is 0 Å². The molecule has 118 valence electrons. The molecule has 1 atom stereocenters. The van der Waals surface area contributed by atoms with E-state index in [1.54, 1.807) is 7.11 Å². The van der Waals surface area contributed by atoms with Crippen molar-refractivity contribution in [2.45, 2.75) is 25.4 Å². The molecule has 3 rings (SSSR count). The van der Waals surface area contributed by atoms with Gasteiger partial charge in [0.2, 0.25) is 0 Å². The number of nitrogens with zero attached hydrogens (tertiary/aromatic N) is 1. The third-order valence-electron chi connectivity index (χ3n) is 4.28. The molecule has 1 saturated carbocycles. The number of rotatable bonds is 6. The smallest absolute Gasteiger partial charge is 0.324 e. The molecule has 6 nitrogen and oxygen atoms in total. The SMILES string of the molecule is COc1ccc(C[NH+](CC(=O)N2CCNC2=O)C2CC2)cc1. The van der Waals surface area contributed by atoms with Crippen LogP contribution < -0.4 is 15.0 Å². The van der Waals surface area contributed by atoms with E-state index < -0.39 is 0 Å². The van der Waals surface area contributed by atoms with Gasteiger partial charge in [-0.2, -0.15) is 0 Å². The molecule has 1 saturated heterocycles. The molecule has 1 heterocycles. The summed E-state index contributed by atoms with van der Waals surface area (Å²) in [7, 11) is 1.65. The Morgan fingerprint density at radius 2 is 2.09 bits per heavy atom. The first-order valence-electron chi connectivity index (χ1n) is 7.73. The number of imide groups is 1. The topological polar surface area (TPSA) is 63.1 Å². The average molecular weight is 304 g/mol. The Kier molecular flexibility index (Phi) is 4.29. The van der Waals surface area contributed by atoms with Crippen LogP contribution in [-0.4, -0.2) is 49.6 Å². The number of hydrogen-bond donors (Lipinski definition) is 2. The average Bonchev–Trinajstić information content (AvgIpc) is 3.29. The minimum absolute atomic E-state index is 0.0783. The molecule has 2 fully saturated rings. The number of carbonyl (C=O) groups excluding carboxylic acids is 2. The molecular weight excluding hydrogens is 282 g/mol. The molecule has 0 spiro atoms. The fraction of sp³-hybridized carbons (Fsp3) is 0.500. The zero-order chi connectivity index (χ0) is 15.5. The molecule has 0 radical (unpaired) electrons. The van der Waals surface area contributed by atoms with Gasteiger partial charge in [0.05, 0.1) is 13.2 Å². The second kappa shape index (κ2) is 6.36. The Labute approximate surface area is 130 Å². The number of ether oxygens (including phenoxy) is 1. The summed E-state index contributed by atoms with van der Waals surface area (Å²) in [4.78, 5) is 26.5. The molecule has 0 bridgehead atoms. The molecule has 2 N–H and O–H groups in total. The fourth-order valence-electron chi connectivity index (χ4n) is 2.85. The van der Waals surface area contributed by atoms with Crippen molar-refractivity contribution in [1.82, 2.24) is 10.2 Å². The van der Waals surface area contributed by atoms with Crippen molar-refractivity contribution in [2.75, 3.05) is 26.7 Å². The van der Waals surface area contributed by atoms with Crippen molar-refractivity contribution in [3.8, 4) is 5.75 Å². The lowest BCUT2D eigenvalue weighted by Gasteiger charge is -2.21. The van der Waals surface area contributed by atoms with Crippen LogP contribution in [0.3, 0.4) is 0 Å². The van der Waals surface area contributed by atoms with Gasteiger partial charge in [-0.05, 0) is 24.3 Å². The van der Waals surface area contributed by atoms with E-state index in [-0.39, 0.29) is 11.9 Å². The number of urea groups is 1. The van der Waals surface area contributed by atoms with Gasteiger partial charge in [0.25, 0.3) is 5.91 Å². The van der Waals surface area contributed by atoms with Gasteiger partial charge in [0.1, 0.15) is 12.3 Å². The summed E-state index contributed by atoms with van der Waals surface area (Å²) in [5.74, 6) is 0.756. The number of hydrogen-bond acceptors (Lipinski definition) is 3. The molecule has 2 aliphatic rings. The van der Waals surface area contributed by atoms with Crippen molar-refractivity contribution < 1.29 is 19.2 Å². The number of carbonyl (C=O) groups is 2. The summed E-state index contributed by atoms with van der Waals surface area (Å²) in [6, 6.07) is 8.23. The van der Waals surface area contributed by atoms with E-state index in [1.165, 1.54) is 15.4 Å². The lowest BCUT2D eigenvalue weighted by atomic mass is 10.2. The van der Waals surface area contributed by atoms with Crippen LogP contribution in [0.4, 0.5) is 4.79 Å². The Hall–Kier alpha value is -2.08. The summed E-state index contributed by atoms with van der Waals surface area (Å²) >= 11 is 0. The van der Waals surface area contributed by atoms with Crippen molar-refractivity contribution >= 4 is 11.9 Å². The third-order valence-corrected chi connectivity index (χ3v) is 4.28. The number of nitrogens with one attached hydrogen (secondary N) is 2. The maximum Gasteiger partial charge on any atom is 0.324 e. The lowest BCUT2D eigenvalue weighted by Crippen LogP contribution is -3.13. The van der Waals surface area contributed by atoms with Crippen LogP contribution in [0.1, 0.15) is 18.4 Å². The van der Waals surface area contributed by atoms with E-state index in [4.69, 9.17) is 4.74 Å². The Morgan fingerprint density at radius 3 is 2.64 bits per heavy atom. The zero-order valence-corrected chi connectivity index (χ0v) is 12.8. The Balaban J connectivity index is 1.62. The summed E-state index contributed by atoms with van der Waals surface area (Å²) in [6.07, 6.45) is 2.32. The van der Waals surface area contributed by atoms with E-state index in [2.05, 4.69) is 5.32 Å². The van der Waals surface area contributed by atoms with Crippen LogP contribution in [0.5, 0.6) is 5.75 Å². The van der Waals surface area contributed by atoms with Gasteiger partial charge in [-0.15, -0.1) is 0 Å². The highest BCUT2D eigenvalue weighted by Gasteiger charge is 2.37. The van der Waals surface area contributed by atoms with Gasteiger partial charge < -0.3 is 15.0 Å². The van der Waals surface area contributed by atoms with E-state index in [0.29, 0.717) is 25.7 Å². The largest absolute Gasteiger partial charge is 0.497 e. The van der Waals surface area contributed by atoms with E-state index in [0.717, 1.165) is 25.1 Å². The van der Waals surface area contributed by atoms with Crippen LogP contribution in [0.2, 0.25) is 0 Å². The minimum atomic E-state index is -0.260. The summed E-state index contributed by atoms with van der Waals surface area (Å²) in [5, 5.41) is 2.67. The van der Waals surface area contributed by atoms with E-state index in [9.17, 15) is 9.59 Å². The van der Waals surface area contributed by atoms with Gasteiger partial charge in [0.15, 0.2) is 6.54 Å². The highest BCUT2D eigenvalue weighted by molar-refractivity contribution is 5.96. The molecule has 1 aromatic carbocycles. The van der Waals surface area contributed by atoms with Gasteiger partial charge >= 0.3 is 6.03 Å². The summed E-state index contributed by atoms with van der Waals surface area (Å²) in [6.45, 7) is 2.22. The first kappa shape index (κ1) is 14.8. The Bertz CT molecular complexity index is 554. The fourth-order valence-corrected chi connectivity index (χ4v) is 2.85. The van der Waals surface area contributed by atoms with Crippen LogP contribution >= 0.6 is 0 Å². The van der Waals surface area contributed by atoms with Crippen molar-refractivity contribution in [2.24, 2.45) is 0 Å². The number of methoxy groups -OCH3 is 1.